The molecule has 1 fully saturated rings. The first-order valence-electron chi connectivity index (χ1n) is 6.43. The van der Waals surface area contributed by atoms with E-state index in [1.54, 1.807) is 0 Å². The van der Waals surface area contributed by atoms with Crippen LogP contribution in [0.4, 0.5) is 0 Å². The van der Waals surface area contributed by atoms with Crippen LogP contribution >= 0.6 is 0 Å². The summed E-state index contributed by atoms with van der Waals surface area (Å²) in [6.07, 6.45) is 0.814. The zero-order chi connectivity index (χ0) is 12.6. The van der Waals surface area contributed by atoms with Gasteiger partial charge < -0.3 is 10.0 Å². The molecule has 1 aliphatic rings. The summed E-state index contributed by atoms with van der Waals surface area (Å²) in [4.78, 5) is 2.33. The molecule has 2 nitrogen and oxygen atoms in total. The molecule has 0 radical (unpaired) electrons. The summed E-state index contributed by atoms with van der Waals surface area (Å²) in [6.45, 7) is 7.36. The van der Waals surface area contributed by atoms with Crippen molar-refractivity contribution in [1.29, 1.82) is 0 Å². The van der Waals surface area contributed by atoms with E-state index in [9.17, 15) is 5.11 Å². The first-order valence-corrected chi connectivity index (χ1v) is 6.43. The summed E-state index contributed by atoms with van der Waals surface area (Å²) in [5, 5.41) is 11.0. The van der Waals surface area contributed by atoms with Crippen molar-refractivity contribution in [1.82, 2.24) is 4.90 Å². The number of piperidine rings is 1. The van der Waals surface area contributed by atoms with Gasteiger partial charge in [0.1, 0.15) is 0 Å². The third kappa shape index (κ3) is 2.24. The molecule has 1 aromatic rings. The van der Waals surface area contributed by atoms with Gasteiger partial charge in [-0.25, -0.2) is 0 Å². The van der Waals surface area contributed by atoms with Gasteiger partial charge in [-0.2, -0.15) is 0 Å². The lowest BCUT2D eigenvalue weighted by atomic mass is 9.74. The van der Waals surface area contributed by atoms with E-state index in [1.165, 1.54) is 5.56 Å². The Morgan fingerprint density at radius 3 is 2.71 bits per heavy atom. The molecule has 0 spiro atoms. The van der Waals surface area contributed by atoms with E-state index in [-0.39, 0.29) is 5.92 Å². The lowest BCUT2D eigenvalue weighted by Gasteiger charge is -2.46. The fourth-order valence-electron chi connectivity index (χ4n) is 2.89. The van der Waals surface area contributed by atoms with Crippen LogP contribution in [0.2, 0.25) is 0 Å². The smallest absolute Gasteiger partial charge is 0.0949 e. The van der Waals surface area contributed by atoms with E-state index in [0.29, 0.717) is 6.04 Å². The van der Waals surface area contributed by atoms with Gasteiger partial charge in [0, 0.05) is 18.5 Å². The molecule has 2 heteroatoms. The molecule has 17 heavy (non-hydrogen) atoms. The Hall–Kier alpha value is -0.860. The summed E-state index contributed by atoms with van der Waals surface area (Å²) in [5.41, 5.74) is 1.62. The minimum atomic E-state index is -0.669. The normalized spacial score (nSPS) is 34.9. The van der Waals surface area contributed by atoms with Crippen molar-refractivity contribution < 1.29 is 5.11 Å². The van der Waals surface area contributed by atoms with Crippen LogP contribution in [-0.2, 0) is 5.60 Å². The minimum Gasteiger partial charge on any atom is -0.385 e. The highest BCUT2D eigenvalue weighted by Gasteiger charge is 2.42. The maximum Gasteiger partial charge on any atom is 0.0949 e. The van der Waals surface area contributed by atoms with Crippen molar-refractivity contribution in [3.05, 3.63) is 35.4 Å². The summed E-state index contributed by atoms with van der Waals surface area (Å²) >= 11 is 0. The second kappa shape index (κ2) is 4.43. The fraction of sp³-hybridized carbons (Fsp3) is 0.600. The van der Waals surface area contributed by atoms with Crippen LogP contribution < -0.4 is 0 Å². The lowest BCUT2D eigenvalue weighted by molar-refractivity contribution is -0.0843. The molecule has 0 saturated carbocycles. The van der Waals surface area contributed by atoms with Crippen molar-refractivity contribution in [2.75, 3.05) is 13.6 Å². The van der Waals surface area contributed by atoms with Crippen LogP contribution in [0.15, 0.2) is 24.3 Å². The minimum absolute atomic E-state index is 0.269. The number of aliphatic hydroxyl groups is 1. The van der Waals surface area contributed by atoms with Gasteiger partial charge in [-0.1, -0.05) is 36.8 Å². The van der Waals surface area contributed by atoms with Gasteiger partial charge in [0.25, 0.3) is 0 Å². The van der Waals surface area contributed by atoms with Crippen molar-refractivity contribution in [3.63, 3.8) is 0 Å². The first kappa shape index (κ1) is 12.6. The average molecular weight is 233 g/mol. The molecule has 94 valence electrons. The largest absolute Gasteiger partial charge is 0.385 e. The third-order valence-corrected chi connectivity index (χ3v) is 4.25. The number of hydrogen-bond donors (Lipinski definition) is 1. The van der Waals surface area contributed by atoms with Crippen molar-refractivity contribution in [2.45, 2.75) is 38.8 Å². The van der Waals surface area contributed by atoms with Crippen molar-refractivity contribution in [2.24, 2.45) is 5.92 Å². The molecule has 1 aliphatic heterocycles. The molecule has 3 atom stereocenters. The predicted octanol–water partition coefficient (Wildman–Crippen LogP) is 2.54. The highest BCUT2D eigenvalue weighted by atomic mass is 16.3. The van der Waals surface area contributed by atoms with E-state index in [0.717, 1.165) is 18.5 Å². The van der Waals surface area contributed by atoms with Crippen LogP contribution in [0.3, 0.4) is 0 Å². The number of likely N-dealkylation sites (tertiary alicyclic amines) is 1. The average Bonchev–Trinajstić information content (AvgIpc) is 2.26. The number of aryl methyl sites for hydroxylation is 1. The number of nitrogens with zero attached hydrogens (tertiary/aromatic N) is 1. The Morgan fingerprint density at radius 2 is 2.06 bits per heavy atom. The molecule has 1 saturated heterocycles. The second-order valence-corrected chi connectivity index (χ2v) is 5.69. The highest BCUT2D eigenvalue weighted by molar-refractivity contribution is 5.29. The van der Waals surface area contributed by atoms with E-state index < -0.39 is 5.60 Å². The zero-order valence-corrected chi connectivity index (χ0v) is 11.3. The molecule has 1 heterocycles. The number of hydrogen-bond acceptors (Lipinski definition) is 2. The van der Waals surface area contributed by atoms with Crippen LogP contribution in [0.5, 0.6) is 0 Å². The van der Waals surface area contributed by atoms with E-state index in [1.807, 2.05) is 6.07 Å². The Balaban J connectivity index is 2.35. The Kier molecular flexibility index (Phi) is 3.28. The molecule has 0 bridgehead atoms. The Morgan fingerprint density at radius 1 is 1.35 bits per heavy atom. The van der Waals surface area contributed by atoms with E-state index in [2.05, 4.69) is 50.9 Å². The summed E-state index contributed by atoms with van der Waals surface area (Å²) < 4.78 is 0. The van der Waals surface area contributed by atoms with Gasteiger partial charge in [0.05, 0.1) is 5.60 Å². The number of benzene rings is 1. The van der Waals surface area contributed by atoms with Gasteiger partial charge in [-0.3, -0.25) is 0 Å². The van der Waals surface area contributed by atoms with Crippen LogP contribution in [0.1, 0.15) is 31.4 Å². The third-order valence-electron chi connectivity index (χ3n) is 4.25. The highest BCUT2D eigenvalue weighted by Crippen LogP contribution is 2.39. The standard InChI is InChI=1S/C15H23NO/c1-11-6-5-7-14(8-11)15(17)9-13(3)16(4)10-12(15)2/h5-8,12-13,17H,9-10H2,1-4H3. The fourth-order valence-corrected chi connectivity index (χ4v) is 2.89. The Labute approximate surface area is 104 Å². The summed E-state index contributed by atoms with van der Waals surface area (Å²) in [7, 11) is 2.14. The topological polar surface area (TPSA) is 23.5 Å². The monoisotopic (exact) mass is 233 g/mol. The SMILES string of the molecule is Cc1cccc(C2(O)CC(C)N(C)CC2C)c1. The maximum absolute atomic E-state index is 11.0. The number of rotatable bonds is 1. The molecule has 2 rings (SSSR count). The van der Waals surface area contributed by atoms with E-state index in [4.69, 9.17) is 0 Å². The van der Waals surface area contributed by atoms with Gasteiger partial charge in [-0.15, -0.1) is 0 Å². The van der Waals surface area contributed by atoms with Gasteiger partial charge >= 0.3 is 0 Å². The second-order valence-electron chi connectivity index (χ2n) is 5.69. The quantitative estimate of drug-likeness (QED) is 0.806. The van der Waals surface area contributed by atoms with E-state index >= 15 is 0 Å². The molecule has 0 aliphatic carbocycles. The van der Waals surface area contributed by atoms with Crippen LogP contribution in [0, 0.1) is 12.8 Å². The van der Waals surface area contributed by atoms with Gasteiger partial charge in [-0.05, 0) is 32.9 Å². The summed E-state index contributed by atoms with van der Waals surface area (Å²) in [6, 6.07) is 8.72. The van der Waals surface area contributed by atoms with Crippen molar-refractivity contribution in [3.8, 4) is 0 Å². The molecular formula is C15H23NO. The molecule has 0 aromatic heterocycles. The lowest BCUT2D eigenvalue weighted by Crippen LogP contribution is -2.51. The molecular weight excluding hydrogens is 210 g/mol. The molecule has 1 aromatic carbocycles. The maximum atomic E-state index is 11.0. The van der Waals surface area contributed by atoms with Crippen LogP contribution in [0.25, 0.3) is 0 Å². The molecule has 1 N–H and O–H groups in total. The van der Waals surface area contributed by atoms with Gasteiger partial charge in [0.15, 0.2) is 0 Å². The molecule has 0 amide bonds. The Bertz CT molecular complexity index is 404. The van der Waals surface area contributed by atoms with Gasteiger partial charge in [0.2, 0.25) is 0 Å². The van der Waals surface area contributed by atoms with Crippen molar-refractivity contribution >= 4 is 0 Å². The predicted molar refractivity (Wildman–Crippen MR) is 70.9 cm³/mol. The molecule has 3 unspecified atom stereocenters. The van der Waals surface area contributed by atoms with Crippen LogP contribution in [-0.4, -0.2) is 29.6 Å². The first-order chi connectivity index (χ1) is 7.93. The zero-order valence-electron chi connectivity index (χ0n) is 11.3. The summed E-state index contributed by atoms with van der Waals surface area (Å²) in [5.74, 6) is 0.269.